The number of ether oxygens (including phenoxy) is 2. The second kappa shape index (κ2) is 8.87. The Bertz CT molecular complexity index is 692. The van der Waals surface area contributed by atoms with Gasteiger partial charge in [-0.05, 0) is 30.0 Å². The molecule has 0 aliphatic heterocycles. The van der Waals surface area contributed by atoms with Gasteiger partial charge in [-0.2, -0.15) is 0 Å². The van der Waals surface area contributed by atoms with Crippen molar-refractivity contribution in [3.63, 3.8) is 0 Å². The first-order valence-corrected chi connectivity index (χ1v) is 8.21. The molecule has 0 aliphatic rings. The molecule has 126 valence electrons. The Morgan fingerprint density at radius 1 is 0.792 bits per heavy atom. The van der Waals surface area contributed by atoms with Gasteiger partial charge in [-0.25, -0.2) is 9.59 Å². The van der Waals surface area contributed by atoms with Crippen molar-refractivity contribution in [3.8, 4) is 11.1 Å². The second-order valence-electron chi connectivity index (χ2n) is 5.37. The first-order valence-electron chi connectivity index (χ1n) is 8.21. The lowest BCUT2D eigenvalue weighted by molar-refractivity contribution is 0.0458. The van der Waals surface area contributed by atoms with Crippen molar-refractivity contribution in [1.29, 1.82) is 0 Å². The minimum atomic E-state index is -0.502. The Morgan fingerprint density at radius 2 is 1.42 bits per heavy atom. The summed E-state index contributed by atoms with van der Waals surface area (Å²) in [6.07, 6.45) is 1.44. The predicted molar refractivity (Wildman–Crippen MR) is 93.0 cm³/mol. The lowest BCUT2D eigenvalue weighted by Crippen LogP contribution is -2.16. The molecule has 0 atom stereocenters. The summed E-state index contributed by atoms with van der Waals surface area (Å²) in [5, 5.41) is 0. The maximum absolute atomic E-state index is 12.6. The van der Waals surface area contributed by atoms with Gasteiger partial charge >= 0.3 is 11.9 Å². The van der Waals surface area contributed by atoms with E-state index < -0.39 is 11.9 Å². The molecule has 0 N–H and O–H groups in total. The van der Waals surface area contributed by atoms with Crippen LogP contribution in [0.4, 0.5) is 0 Å². The van der Waals surface area contributed by atoms with E-state index >= 15 is 0 Å². The van der Waals surface area contributed by atoms with Gasteiger partial charge in [0.05, 0.1) is 24.3 Å². The molecule has 0 saturated heterocycles. The zero-order chi connectivity index (χ0) is 17.4. The van der Waals surface area contributed by atoms with Crippen molar-refractivity contribution < 1.29 is 19.1 Å². The molecule has 0 heterocycles. The first-order chi connectivity index (χ1) is 11.7. The fourth-order valence-corrected chi connectivity index (χ4v) is 2.34. The molecular weight excluding hydrogens is 304 g/mol. The minimum absolute atomic E-state index is 0.242. The maximum Gasteiger partial charge on any atom is 0.339 e. The van der Waals surface area contributed by atoms with Crippen LogP contribution >= 0.6 is 0 Å². The van der Waals surface area contributed by atoms with Gasteiger partial charge in [0, 0.05) is 0 Å². The molecule has 2 rings (SSSR count). The van der Waals surface area contributed by atoms with E-state index in [2.05, 4.69) is 0 Å². The van der Waals surface area contributed by atoms with Gasteiger partial charge in [0.1, 0.15) is 0 Å². The maximum atomic E-state index is 12.6. The molecule has 0 aromatic heterocycles. The smallest absolute Gasteiger partial charge is 0.339 e. The zero-order valence-corrected chi connectivity index (χ0v) is 14.1. The van der Waals surface area contributed by atoms with Crippen molar-refractivity contribution in [1.82, 2.24) is 0 Å². The monoisotopic (exact) mass is 326 g/mol. The predicted octanol–water partition coefficient (Wildman–Crippen LogP) is 4.49. The Balaban J connectivity index is 2.50. The second-order valence-corrected chi connectivity index (χ2v) is 5.37. The molecule has 0 amide bonds. The molecule has 0 saturated carbocycles. The van der Waals surface area contributed by atoms with E-state index in [-0.39, 0.29) is 11.1 Å². The van der Waals surface area contributed by atoms with Crippen LogP contribution in [0.3, 0.4) is 0 Å². The van der Waals surface area contributed by atoms with Crippen LogP contribution in [0.25, 0.3) is 11.1 Å². The van der Waals surface area contributed by atoms with Gasteiger partial charge in [0.15, 0.2) is 0 Å². The summed E-state index contributed by atoms with van der Waals surface area (Å²) in [6, 6.07) is 14.6. The van der Waals surface area contributed by atoms with Gasteiger partial charge in [0.2, 0.25) is 0 Å². The molecule has 0 aliphatic carbocycles. The molecule has 2 aromatic rings. The van der Waals surface area contributed by atoms with Crippen molar-refractivity contribution in [2.24, 2.45) is 0 Å². The molecular formula is C20H22O4. The van der Waals surface area contributed by atoms with E-state index in [1.165, 1.54) is 0 Å². The summed E-state index contributed by atoms with van der Waals surface area (Å²) in [5.41, 5.74) is 2.03. The Morgan fingerprint density at radius 3 is 2.04 bits per heavy atom. The van der Waals surface area contributed by atoms with Crippen LogP contribution in [-0.4, -0.2) is 25.2 Å². The Hall–Kier alpha value is -2.62. The van der Waals surface area contributed by atoms with E-state index in [9.17, 15) is 9.59 Å². The fourth-order valence-electron chi connectivity index (χ4n) is 2.34. The van der Waals surface area contributed by atoms with Crippen LogP contribution < -0.4 is 0 Å². The Kier molecular flexibility index (Phi) is 6.55. The van der Waals surface area contributed by atoms with Crippen molar-refractivity contribution in [2.75, 3.05) is 13.2 Å². The molecule has 0 fully saturated rings. The average molecular weight is 326 g/mol. The Labute approximate surface area is 142 Å². The fraction of sp³-hybridized carbons (Fsp3) is 0.300. The van der Waals surface area contributed by atoms with Crippen LogP contribution in [0.5, 0.6) is 0 Å². The number of esters is 2. The molecule has 0 spiro atoms. The lowest BCUT2D eigenvalue weighted by Gasteiger charge is -2.14. The largest absolute Gasteiger partial charge is 0.462 e. The standard InChI is InChI=1S/C20H22O4/c1-3-13-23-19(21)17-12-8-11-16(15-9-6-5-7-10-15)18(17)20(22)24-14-4-2/h5-12H,3-4,13-14H2,1-2H3. The third-order valence-electron chi connectivity index (χ3n) is 3.45. The molecule has 4 heteroatoms. The van der Waals surface area contributed by atoms with Gasteiger partial charge < -0.3 is 9.47 Å². The summed E-state index contributed by atoms with van der Waals surface area (Å²) >= 11 is 0. The normalized spacial score (nSPS) is 10.2. The first kappa shape index (κ1) is 17.7. The number of carbonyl (C=O) groups excluding carboxylic acids is 2. The van der Waals surface area contributed by atoms with E-state index in [0.29, 0.717) is 18.8 Å². The zero-order valence-electron chi connectivity index (χ0n) is 14.1. The molecule has 24 heavy (non-hydrogen) atoms. The van der Waals surface area contributed by atoms with Gasteiger partial charge in [-0.1, -0.05) is 56.3 Å². The summed E-state index contributed by atoms with van der Waals surface area (Å²) in [5.74, 6) is -1.00. The van der Waals surface area contributed by atoms with Crippen molar-refractivity contribution in [2.45, 2.75) is 26.7 Å². The summed E-state index contributed by atoms with van der Waals surface area (Å²) in [6.45, 7) is 4.47. The van der Waals surface area contributed by atoms with E-state index in [0.717, 1.165) is 18.4 Å². The van der Waals surface area contributed by atoms with Gasteiger partial charge in [0.25, 0.3) is 0 Å². The topological polar surface area (TPSA) is 52.6 Å². The van der Waals surface area contributed by atoms with Crippen LogP contribution in [0, 0.1) is 0 Å². The van der Waals surface area contributed by atoms with Crippen LogP contribution in [0.2, 0.25) is 0 Å². The van der Waals surface area contributed by atoms with E-state index in [4.69, 9.17) is 9.47 Å². The summed E-state index contributed by atoms with van der Waals surface area (Å²) in [7, 11) is 0. The quantitative estimate of drug-likeness (QED) is 0.704. The average Bonchev–Trinajstić information content (AvgIpc) is 2.64. The number of rotatable bonds is 7. The van der Waals surface area contributed by atoms with Crippen LogP contribution in [-0.2, 0) is 9.47 Å². The summed E-state index contributed by atoms with van der Waals surface area (Å²) < 4.78 is 10.5. The number of benzene rings is 2. The third-order valence-corrected chi connectivity index (χ3v) is 3.45. The van der Waals surface area contributed by atoms with Gasteiger partial charge in [-0.15, -0.1) is 0 Å². The minimum Gasteiger partial charge on any atom is -0.462 e. The number of hydrogen-bond acceptors (Lipinski definition) is 4. The molecule has 0 bridgehead atoms. The highest BCUT2D eigenvalue weighted by Gasteiger charge is 2.23. The van der Waals surface area contributed by atoms with Crippen LogP contribution in [0.15, 0.2) is 48.5 Å². The number of carbonyl (C=O) groups is 2. The molecule has 0 radical (unpaired) electrons. The SMILES string of the molecule is CCCOC(=O)c1cccc(-c2ccccc2)c1C(=O)OCCC. The van der Waals surface area contributed by atoms with Crippen molar-refractivity contribution >= 4 is 11.9 Å². The highest BCUT2D eigenvalue weighted by molar-refractivity contribution is 6.07. The van der Waals surface area contributed by atoms with E-state index in [1.54, 1.807) is 12.1 Å². The highest BCUT2D eigenvalue weighted by Crippen LogP contribution is 2.27. The van der Waals surface area contributed by atoms with Gasteiger partial charge in [-0.3, -0.25) is 0 Å². The molecule has 2 aromatic carbocycles. The molecule has 4 nitrogen and oxygen atoms in total. The number of hydrogen-bond donors (Lipinski definition) is 0. The van der Waals surface area contributed by atoms with Crippen LogP contribution in [0.1, 0.15) is 47.4 Å². The van der Waals surface area contributed by atoms with E-state index in [1.807, 2.05) is 50.2 Å². The van der Waals surface area contributed by atoms with Crippen molar-refractivity contribution in [3.05, 3.63) is 59.7 Å². The highest BCUT2D eigenvalue weighted by atomic mass is 16.5. The third kappa shape index (κ3) is 4.22. The molecule has 0 unspecified atom stereocenters. The lowest BCUT2D eigenvalue weighted by atomic mass is 9.95. The summed E-state index contributed by atoms with van der Waals surface area (Å²) in [4.78, 5) is 24.9.